The van der Waals surface area contributed by atoms with Crippen LogP contribution in [-0.2, 0) is 4.79 Å². The van der Waals surface area contributed by atoms with Crippen molar-refractivity contribution in [2.75, 3.05) is 6.61 Å². The molecule has 0 unspecified atom stereocenters. The third-order valence-electron chi connectivity index (χ3n) is 2.89. The molecule has 0 saturated heterocycles. The molecule has 1 amide bonds. The topological polar surface area (TPSA) is 92.5 Å². The van der Waals surface area contributed by atoms with Gasteiger partial charge in [-0.15, -0.1) is 0 Å². The third-order valence-corrected chi connectivity index (χ3v) is 3.69. The van der Waals surface area contributed by atoms with Crippen molar-refractivity contribution in [2.45, 2.75) is 0 Å². The average molecular weight is 432 g/mol. The average Bonchev–Trinajstić information content (AvgIpc) is 2.44. The lowest BCUT2D eigenvalue weighted by Gasteiger charge is -2.14. The van der Waals surface area contributed by atoms with Gasteiger partial charge in [0.1, 0.15) is 24.0 Å². The molecule has 2 aromatic carbocycles. The number of amides is 1. The van der Waals surface area contributed by atoms with Gasteiger partial charge in [0.2, 0.25) is 0 Å². The Kier molecular flexibility index (Phi) is 5.14. The Morgan fingerprint density at radius 3 is 2.48 bits per heavy atom. The smallest absolute Gasteiger partial charge is 0.252 e. The van der Waals surface area contributed by atoms with Gasteiger partial charge in [0.05, 0.1) is 15.1 Å². The minimum atomic E-state index is -1.47. The maximum atomic E-state index is 13.9. The van der Waals surface area contributed by atoms with Gasteiger partial charge in [-0.1, -0.05) is 0 Å². The fourth-order valence-corrected chi connectivity index (χ4v) is 2.72. The second kappa shape index (κ2) is 6.90. The number of benzene rings is 2. The number of carbonyl (C=O) groups excluding carboxylic acids is 2. The van der Waals surface area contributed by atoms with E-state index in [-0.39, 0.29) is 22.4 Å². The quantitative estimate of drug-likeness (QED) is 0.725. The molecule has 0 saturated carbocycles. The minimum absolute atomic E-state index is 0.0337. The Balaban J connectivity index is 2.55. The number of carboxylic acid groups (broad SMARTS) is 1. The summed E-state index contributed by atoms with van der Waals surface area (Å²) in [5.74, 6) is -3.91. The van der Waals surface area contributed by atoms with Gasteiger partial charge >= 0.3 is 0 Å². The molecule has 0 atom stereocenters. The number of rotatable bonds is 5. The molecule has 23 heavy (non-hydrogen) atoms. The Morgan fingerprint density at radius 2 is 1.91 bits per heavy atom. The van der Waals surface area contributed by atoms with Crippen LogP contribution >= 0.6 is 22.6 Å². The van der Waals surface area contributed by atoms with Crippen molar-refractivity contribution in [3.63, 3.8) is 0 Å². The van der Waals surface area contributed by atoms with Gasteiger partial charge in [0.25, 0.3) is 5.91 Å². The van der Waals surface area contributed by atoms with Gasteiger partial charge in [-0.3, -0.25) is 4.79 Å². The van der Waals surface area contributed by atoms with Crippen LogP contribution in [-0.4, -0.2) is 18.5 Å². The van der Waals surface area contributed by atoms with Crippen LogP contribution in [0, 0.1) is 15.2 Å². The van der Waals surface area contributed by atoms with Crippen molar-refractivity contribution in [1.82, 2.24) is 0 Å². The van der Waals surface area contributed by atoms with E-state index >= 15 is 0 Å². The lowest BCUT2D eigenvalue weighted by Crippen LogP contribution is -2.29. The number of nitrogens with two attached hydrogens (primary N) is 1. The van der Waals surface area contributed by atoms with Crippen LogP contribution in [0.2, 0.25) is 0 Å². The van der Waals surface area contributed by atoms with Crippen molar-refractivity contribution in [1.29, 1.82) is 0 Å². The van der Waals surface area contributed by atoms with Gasteiger partial charge in [0.15, 0.2) is 0 Å². The molecule has 2 aromatic rings. The van der Waals surface area contributed by atoms with Crippen LogP contribution in [0.15, 0.2) is 30.3 Å². The van der Waals surface area contributed by atoms with Crippen LogP contribution in [0.4, 0.5) is 8.78 Å². The lowest BCUT2D eigenvalue weighted by molar-refractivity contribution is -0.307. The number of aliphatic carboxylic acids is 1. The van der Waals surface area contributed by atoms with Gasteiger partial charge in [0, 0.05) is 11.6 Å². The van der Waals surface area contributed by atoms with Crippen molar-refractivity contribution in [3.8, 4) is 16.9 Å². The summed E-state index contributed by atoms with van der Waals surface area (Å²) >= 11 is 1.79. The molecular formula is C15H9F2INO4-. The molecule has 2 N–H and O–H groups in total. The van der Waals surface area contributed by atoms with Crippen molar-refractivity contribution in [2.24, 2.45) is 5.73 Å². The van der Waals surface area contributed by atoms with Crippen LogP contribution < -0.4 is 15.6 Å². The summed E-state index contributed by atoms with van der Waals surface area (Å²) in [5.41, 5.74) is 5.49. The normalized spacial score (nSPS) is 10.4. The largest absolute Gasteiger partial charge is 0.546 e. The van der Waals surface area contributed by atoms with Crippen molar-refractivity contribution >= 4 is 34.5 Å². The Labute approximate surface area is 143 Å². The molecule has 0 aliphatic rings. The first-order chi connectivity index (χ1) is 10.8. The fourth-order valence-electron chi connectivity index (χ4n) is 1.93. The van der Waals surface area contributed by atoms with E-state index in [1.165, 1.54) is 18.2 Å². The SMILES string of the molecule is NC(=O)c1cc(-c2ccc(F)cc2F)cc(I)c1OCC(=O)[O-]. The first kappa shape index (κ1) is 17.1. The Bertz CT molecular complexity index is 795. The molecular weight excluding hydrogens is 423 g/mol. The molecule has 8 heteroatoms. The number of hydrogen-bond donors (Lipinski definition) is 1. The van der Waals surface area contributed by atoms with E-state index in [0.717, 1.165) is 6.07 Å². The van der Waals surface area contributed by atoms with E-state index in [9.17, 15) is 23.5 Å². The molecule has 0 bridgehead atoms. The molecule has 0 aliphatic carbocycles. The predicted octanol–water partition coefficient (Wildman–Crippen LogP) is 1.46. The van der Waals surface area contributed by atoms with E-state index in [4.69, 9.17) is 10.5 Å². The van der Waals surface area contributed by atoms with E-state index in [2.05, 4.69) is 0 Å². The summed E-state index contributed by atoms with van der Waals surface area (Å²) in [6.45, 7) is -0.763. The molecule has 0 heterocycles. The van der Waals surface area contributed by atoms with Crippen LogP contribution in [0.3, 0.4) is 0 Å². The Hall–Kier alpha value is -2.23. The first-order valence-electron chi connectivity index (χ1n) is 6.21. The summed E-state index contributed by atoms with van der Waals surface area (Å²) in [6, 6.07) is 5.74. The maximum Gasteiger partial charge on any atom is 0.252 e. The standard InChI is InChI=1S/C15H10F2INO4/c16-8-1-2-9(11(17)5-8)7-3-10(15(19)22)14(12(18)4-7)23-6-13(20)21/h1-5H,6H2,(H2,19,22)(H,20,21)/p-1. The molecule has 5 nitrogen and oxygen atoms in total. The van der Waals surface area contributed by atoms with E-state index in [1.807, 2.05) is 0 Å². The fraction of sp³-hybridized carbons (Fsp3) is 0.0667. The summed E-state index contributed by atoms with van der Waals surface area (Å²) in [7, 11) is 0. The molecule has 0 aliphatic heterocycles. The van der Waals surface area contributed by atoms with E-state index in [0.29, 0.717) is 9.64 Å². The second-order valence-corrected chi connectivity index (χ2v) is 5.65. The van der Waals surface area contributed by atoms with E-state index in [1.54, 1.807) is 22.6 Å². The monoisotopic (exact) mass is 432 g/mol. The van der Waals surface area contributed by atoms with Gasteiger partial charge in [-0.25, -0.2) is 8.78 Å². The van der Waals surface area contributed by atoms with Gasteiger partial charge in [-0.2, -0.15) is 0 Å². The second-order valence-electron chi connectivity index (χ2n) is 4.48. The number of carbonyl (C=O) groups is 2. The molecule has 120 valence electrons. The van der Waals surface area contributed by atoms with Crippen LogP contribution in [0.1, 0.15) is 10.4 Å². The molecule has 2 rings (SSSR count). The highest BCUT2D eigenvalue weighted by Crippen LogP contribution is 2.33. The number of ether oxygens (including phenoxy) is 1. The molecule has 0 spiro atoms. The molecule has 0 aromatic heterocycles. The van der Waals surface area contributed by atoms with Crippen molar-refractivity contribution in [3.05, 3.63) is 51.1 Å². The summed E-state index contributed by atoms with van der Waals surface area (Å²) in [5, 5.41) is 10.5. The minimum Gasteiger partial charge on any atom is -0.546 e. The number of carboxylic acids is 1. The van der Waals surface area contributed by atoms with Crippen LogP contribution in [0.25, 0.3) is 11.1 Å². The summed E-state index contributed by atoms with van der Waals surface area (Å²) < 4.78 is 32.2. The zero-order valence-electron chi connectivity index (χ0n) is 11.4. The number of primary amides is 1. The maximum absolute atomic E-state index is 13.9. The third kappa shape index (κ3) is 3.95. The summed E-state index contributed by atoms with van der Waals surface area (Å²) in [6.07, 6.45) is 0. The van der Waals surface area contributed by atoms with E-state index < -0.39 is 30.1 Å². The van der Waals surface area contributed by atoms with Gasteiger partial charge < -0.3 is 20.4 Å². The first-order valence-corrected chi connectivity index (χ1v) is 7.29. The summed E-state index contributed by atoms with van der Waals surface area (Å²) in [4.78, 5) is 22.1. The molecule has 0 radical (unpaired) electrons. The highest BCUT2D eigenvalue weighted by Gasteiger charge is 2.17. The highest BCUT2D eigenvalue weighted by atomic mass is 127. The number of hydrogen-bond acceptors (Lipinski definition) is 4. The van der Waals surface area contributed by atoms with Crippen molar-refractivity contribution < 1.29 is 28.2 Å². The zero-order valence-corrected chi connectivity index (χ0v) is 13.6. The zero-order chi connectivity index (χ0) is 17.1. The number of halogens is 3. The van der Waals surface area contributed by atoms with Crippen LogP contribution in [0.5, 0.6) is 5.75 Å². The predicted molar refractivity (Wildman–Crippen MR) is 83.5 cm³/mol. The Morgan fingerprint density at radius 1 is 1.22 bits per heavy atom. The molecule has 0 fully saturated rings. The highest BCUT2D eigenvalue weighted by molar-refractivity contribution is 14.1. The lowest BCUT2D eigenvalue weighted by atomic mass is 10.0. The van der Waals surface area contributed by atoms with Gasteiger partial charge in [-0.05, 0) is 52.4 Å².